The Bertz CT molecular complexity index is 1230. The van der Waals surface area contributed by atoms with Crippen LogP contribution < -0.4 is 0 Å². The second-order valence-electron chi connectivity index (χ2n) is 9.32. The average Bonchev–Trinajstić information content (AvgIpc) is 2.89. The molecule has 0 fully saturated rings. The summed E-state index contributed by atoms with van der Waals surface area (Å²) in [7, 11) is 0. The minimum Gasteiger partial charge on any atom is -0.207 e. The molecule has 0 heterocycles. The lowest BCUT2D eigenvalue weighted by Crippen LogP contribution is -1.92. The van der Waals surface area contributed by atoms with Crippen LogP contribution in [0.2, 0.25) is 0 Å². The fraction of sp³-hybridized carbons (Fsp3) is 0.353. The molecule has 0 aromatic heterocycles. The monoisotopic (exact) mass is 482 g/mol. The van der Waals surface area contributed by atoms with Crippen LogP contribution in [-0.2, 0) is 12.8 Å². The van der Waals surface area contributed by atoms with Crippen LogP contribution in [-0.4, -0.2) is 0 Å². The fourth-order valence-electron chi connectivity index (χ4n) is 4.06. The summed E-state index contributed by atoms with van der Waals surface area (Å²) in [6, 6.07) is 18.1. The van der Waals surface area contributed by atoms with Crippen molar-refractivity contribution in [3.63, 3.8) is 0 Å². The minimum atomic E-state index is -0.427. The van der Waals surface area contributed by atoms with E-state index in [1.54, 1.807) is 24.3 Å². The summed E-state index contributed by atoms with van der Waals surface area (Å²) in [6.07, 6.45) is 11.4. The predicted molar refractivity (Wildman–Crippen MR) is 147 cm³/mol. The summed E-state index contributed by atoms with van der Waals surface area (Å²) < 4.78 is 28.9. The van der Waals surface area contributed by atoms with Gasteiger partial charge in [-0.25, -0.2) is 8.78 Å². The minimum absolute atomic E-state index is 0.246. The van der Waals surface area contributed by atoms with Gasteiger partial charge in [0.1, 0.15) is 11.6 Å². The Morgan fingerprint density at radius 2 is 1.08 bits per heavy atom. The molecule has 0 aliphatic heterocycles. The van der Waals surface area contributed by atoms with Crippen LogP contribution >= 0.6 is 0 Å². The van der Waals surface area contributed by atoms with Crippen molar-refractivity contribution in [2.75, 3.05) is 0 Å². The molecule has 0 unspecified atom stereocenters. The van der Waals surface area contributed by atoms with E-state index in [2.05, 4.69) is 49.7 Å². The van der Waals surface area contributed by atoms with E-state index in [1.165, 1.54) is 49.8 Å². The SMILES string of the molecule is CCCCCCCc1ccc(C#Cc2ccc(C#Cc3ccc(CCCCC)c(F)c3)c(F)c2)cc1. The number of hydrogen-bond acceptors (Lipinski definition) is 0. The van der Waals surface area contributed by atoms with E-state index in [4.69, 9.17) is 0 Å². The van der Waals surface area contributed by atoms with Gasteiger partial charge in [0.05, 0.1) is 5.56 Å². The van der Waals surface area contributed by atoms with Crippen LogP contribution in [0.5, 0.6) is 0 Å². The summed E-state index contributed by atoms with van der Waals surface area (Å²) >= 11 is 0. The van der Waals surface area contributed by atoms with Crippen molar-refractivity contribution in [1.29, 1.82) is 0 Å². The van der Waals surface area contributed by atoms with E-state index in [1.807, 2.05) is 12.1 Å². The van der Waals surface area contributed by atoms with Gasteiger partial charge in [0.2, 0.25) is 0 Å². The number of rotatable bonds is 10. The summed E-state index contributed by atoms with van der Waals surface area (Å²) in [6.45, 7) is 4.36. The van der Waals surface area contributed by atoms with Gasteiger partial charge >= 0.3 is 0 Å². The molecule has 3 aromatic rings. The average molecular weight is 483 g/mol. The highest BCUT2D eigenvalue weighted by Crippen LogP contribution is 2.15. The molecule has 2 heteroatoms. The molecule has 0 nitrogen and oxygen atoms in total. The molecule has 0 atom stereocenters. The maximum absolute atomic E-state index is 14.6. The zero-order valence-corrected chi connectivity index (χ0v) is 21.6. The van der Waals surface area contributed by atoms with E-state index < -0.39 is 5.82 Å². The molecule has 3 rings (SSSR count). The van der Waals surface area contributed by atoms with E-state index in [0.29, 0.717) is 16.7 Å². The lowest BCUT2D eigenvalue weighted by atomic mass is 10.0. The van der Waals surface area contributed by atoms with Gasteiger partial charge in [-0.3, -0.25) is 0 Å². The largest absolute Gasteiger partial charge is 0.207 e. The van der Waals surface area contributed by atoms with Gasteiger partial charge in [0, 0.05) is 16.7 Å². The molecule has 0 radical (unpaired) electrons. The molecule has 0 amide bonds. The van der Waals surface area contributed by atoms with E-state index >= 15 is 0 Å². The molecule has 0 spiro atoms. The standard InChI is InChI=1S/C34H36F2/c1-3-5-7-8-10-11-27-13-15-28(16-14-27)17-18-29-20-23-32(34(36)25-29)24-21-30-19-22-31(33(35)26-30)12-9-6-4-2/h13-16,19-20,22-23,25-26H,3-12H2,1-2H3. The smallest absolute Gasteiger partial charge is 0.140 e. The lowest BCUT2D eigenvalue weighted by Gasteiger charge is -2.03. The highest BCUT2D eigenvalue weighted by atomic mass is 19.1. The third-order valence-electron chi connectivity index (χ3n) is 6.29. The van der Waals surface area contributed by atoms with Gasteiger partial charge in [0.15, 0.2) is 0 Å². The maximum atomic E-state index is 14.6. The normalized spacial score (nSPS) is 10.3. The third kappa shape index (κ3) is 9.02. The summed E-state index contributed by atoms with van der Waals surface area (Å²) in [5.41, 5.74) is 4.36. The molecule has 186 valence electrons. The Morgan fingerprint density at radius 1 is 0.528 bits per heavy atom. The molecular formula is C34H36F2. The Kier molecular flexibility index (Phi) is 11.3. The molecule has 0 aliphatic rings. The lowest BCUT2D eigenvalue weighted by molar-refractivity contribution is 0.598. The van der Waals surface area contributed by atoms with Gasteiger partial charge in [-0.1, -0.05) is 94.3 Å². The highest BCUT2D eigenvalue weighted by Gasteiger charge is 2.04. The second kappa shape index (κ2) is 14.9. The van der Waals surface area contributed by atoms with E-state index in [0.717, 1.165) is 37.7 Å². The zero-order chi connectivity index (χ0) is 25.6. The summed E-state index contributed by atoms with van der Waals surface area (Å²) in [5.74, 6) is 11.2. The van der Waals surface area contributed by atoms with Crippen LogP contribution in [0.4, 0.5) is 8.78 Å². The number of halogens is 2. The van der Waals surface area contributed by atoms with Crippen molar-refractivity contribution >= 4 is 0 Å². The number of benzene rings is 3. The predicted octanol–water partition coefficient (Wildman–Crippen LogP) is 9.01. The molecular weight excluding hydrogens is 446 g/mol. The molecule has 0 aliphatic carbocycles. The molecule has 36 heavy (non-hydrogen) atoms. The van der Waals surface area contributed by atoms with Gasteiger partial charge in [-0.15, -0.1) is 0 Å². The van der Waals surface area contributed by atoms with Crippen LogP contribution in [0.3, 0.4) is 0 Å². The number of hydrogen-bond donors (Lipinski definition) is 0. The van der Waals surface area contributed by atoms with Crippen LogP contribution in [0.1, 0.15) is 98.6 Å². The van der Waals surface area contributed by atoms with Crippen molar-refractivity contribution in [2.24, 2.45) is 0 Å². The van der Waals surface area contributed by atoms with Crippen molar-refractivity contribution in [1.82, 2.24) is 0 Å². The van der Waals surface area contributed by atoms with Gasteiger partial charge in [-0.2, -0.15) is 0 Å². The zero-order valence-electron chi connectivity index (χ0n) is 21.6. The van der Waals surface area contributed by atoms with Crippen molar-refractivity contribution < 1.29 is 8.78 Å². The molecule has 0 saturated heterocycles. The molecule has 0 saturated carbocycles. The van der Waals surface area contributed by atoms with Gasteiger partial charge < -0.3 is 0 Å². The fourth-order valence-corrected chi connectivity index (χ4v) is 4.06. The van der Waals surface area contributed by atoms with Crippen molar-refractivity contribution in [3.8, 4) is 23.7 Å². The topological polar surface area (TPSA) is 0 Å². The van der Waals surface area contributed by atoms with Crippen molar-refractivity contribution in [3.05, 3.63) is 106 Å². The van der Waals surface area contributed by atoms with Crippen LogP contribution in [0, 0.1) is 35.3 Å². The van der Waals surface area contributed by atoms with Gasteiger partial charge in [-0.05, 0) is 79.3 Å². The molecule has 3 aromatic carbocycles. The van der Waals surface area contributed by atoms with E-state index in [-0.39, 0.29) is 11.4 Å². The Balaban J connectivity index is 1.59. The molecule has 0 bridgehead atoms. The maximum Gasteiger partial charge on any atom is 0.140 e. The first-order valence-electron chi connectivity index (χ1n) is 13.3. The Labute approximate surface area is 216 Å². The van der Waals surface area contributed by atoms with Crippen molar-refractivity contribution in [2.45, 2.75) is 78.1 Å². The first-order chi connectivity index (χ1) is 17.6. The van der Waals surface area contributed by atoms with E-state index in [9.17, 15) is 8.78 Å². The third-order valence-corrected chi connectivity index (χ3v) is 6.29. The second-order valence-corrected chi connectivity index (χ2v) is 9.32. The van der Waals surface area contributed by atoms with Gasteiger partial charge in [0.25, 0.3) is 0 Å². The number of unbranched alkanes of at least 4 members (excludes halogenated alkanes) is 6. The first kappa shape index (κ1) is 27.2. The first-order valence-corrected chi connectivity index (χ1v) is 13.3. The number of aryl methyl sites for hydroxylation is 2. The Morgan fingerprint density at radius 3 is 1.78 bits per heavy atom. The van der Waals surface area contributed by atoms with Crippen LogP contribution in [0.15, 0.2) is 60.7 Å². The van der Waals surface area contributed by atoms with Crippen LogP contribution in [0.25, 0.3) is 0 Å². The summed E-state index contributed by atoms with van der Waals surface area (Å²) in [4.78, 5) is 0. The highest BCUT2D eigenvalue weighted by molar-refractivity contribution is 5.49. The Hall–Kier alpha value is -3.36. The summed E-state index contributed by atoms with van der Waals surface area (Å²) in [5, 5.41) is 0. The quantitative estimate of drug-likeness (QED) is 0.200. The molecule has 0 N–H and O–H groups in total.